The fourth-order valence-electron chi connectivity index (χ4n) is 4.73. The molecular formula is C25H22F3N3O5S. The molecule has 0 spiro atoms. The summed E-state index contributed by atoms with van der Waals surface area (Å²) in [6.07, 6.45) is -1.67. The van der Waals surface area contributed by atoms with E-state index >= 15 is 0 Å². The van der Waals surface area contributed by atoms with Gasteiger partial charge in [0.05, 0.1) is 11.1 Å². The molecule has 194 valence electrons. The van der Waals surface area contributed by atoms with Crippen LogP contribution in [0.3, 0.4) is 0 Å². The van der Waals surface area contributed by atoms with E-state index < -0.39 is 49.6 Å². The van der Waals surface area contributed by atoms with E-state index in [9.17, 15) is 36.3 Å². The first-order valence-corrected chi connectivity index (χ1v) is 13.0. The monoisotopic (exact) mass is 533 g/mol. The van der Waals surface area contributed by atoms with Gasteiger partial charge in [0.1, 0.15) is 16.2 Å². The molecule has 0 aromatic heterocycles. The van der Waals surface area contributed by atoms with Crippen molar-refractivity contribution in [3.8, 4) is 0 Å². The second kappa shape index (κ2) is 8.44. The largest absolute Gasteiger partial charge is 0.506 e. The predicted octanol–water partition coefficient (Wildman–Crippen LogP) is 4.70. The van der Waals surface area contributed by atoms with E-state index in [1.165, 1.54) is 0 Å². The molecule has 3 aliphatic rings. The van der Waals surface area contributed by atoms with Crippen molar-refractivity contribution in [1.82, 2.24) is 0 Å². The fraction of sp³-hybridized carbons (Fsp3) is 0.320. The number of hydrogen-bond acceptors (Lipinski definition) is 6. The number of carbonyl (C=O) groups excluding carboxylic acids is 2. The Kier molecular flexibility index (Phi) is 5.70. The Morgan fingerprint density at radius 3 is 2.59 bits per heavy atom. The number of amides is 1. The van der Waals surface area contributed by atoms with Crippen molar-refractivity contribution in [1.29, 1.82) is 0 Å². The smallest absolute Gasteiger partial charge is 0.471 e. The number of amidine groups is 1. The van der Waals surface area contributed by atoms with Crippen LogP contribution in [0.5, 0.6) is 0 Å². The number of nitrogens with zero attached hydrogens (tertiary/aromatic N) is 1. The molecule has 0 saturated heterocycles. The van der Waals surface area contributed by atoms with Crippen molar-refractivity contribution in [3.63, 3.8) is 0 Å². The highest BCUT2D eigenvalue weighted by molar-refractivity contribution is 7.90. The number of rotatable bonds is 5. The van der Waals surface area contributed by atoms with Gasteiger partial charge in [0, 0.05) is 11.3 Å². The van der Waals surface area contributed by atoms with Gasteiger partial charge in [-0.25, -0.2) is 0 Å². The van der Waals surface area contributed by atoms with Crippen molar-refractivity contribution in [2.75, 3.05) is 10.6 Å². The Bertz CT molecular complexity index is 1510. The maximum atomic E-state index is 13.9. The topological polar surface area (TPSA) is 125 Å². The molecule has 1 fully saturated rings. The molecule has 0 bridgehead atoms. The molecule has 1 unspecified atom stereocenters. The Morgan fingerprint density at radius 2 is 1.92 bits per heavy atom. The van der Waals surface area contributed by atoms with Crippen LogP contribution < -0.4 is 10.6 Å². The molecule has 2 aromatic carbocycles. The standard InChI is InChI=1S/C25H22F3N3O5S/c1-24(11-10-13-6-7-13)16-5-3-2-4-15(16)20(32)19(21(24)33)22-30-17-9-8-14(29-23(34)25(26,27)28)12-18(17)37(35,36)31-22/h2-5,8-9,12-13,32H,6-7,10-11H2,1H3,(H,29,34)(H,30,31). The van der Waals surface area contributed by atoms with Crippen molar-refractivity contribution in [2.24, 2.45) is 10.3 Å². The molecule has 5 rings (SSSR count). The lowest BCUT2D eigenvalue weighted by molar-refractivity contribution is -0.167. The van der Waals surface area contributed by atoms with Crippen molar-refractivity contribution < 1.29 is 36.3 Å². The maximum Gasteiger partial charge on any atom is 0.471 e. The summed E-state index contributed by atoms with van der Waals surface area (Å²) in [5, 5.41) is 15.4. The highest BCUT2D eigenvalue weighted by Crippen LogP contribution is 2.46. The van der Waals surface area contributed by atoms with Crippen LogP contribution in [0.15, 0.2) is 57.3 Å². The first-order valence-electron chi connectivity index (χ1n) is 11.5. The normalized spacial score (nSPS) is 22.5. The van der Waals surface area contributed by atoms with Crippen molar-refractivity contribution in [2.45, 2.75) is 49.1 Å². The van der Waals surface area contributed by atoms with E-state index in [1.807, 2.05) is 0 Å². The van der Waals surface area contributed by atoms with E-state index in [4.69, 9.17) is 0 Å². The number of sulfonamides is 1. The average molecular weight is 534 g/mol. The van der Waals surface area contributed by atoms with Crippen LogP contribution in [0.25, 0.3) is 5.76 Å². The minimum absolute atomic E-state index is 0.0679. The van der Waals surface area contributed by atoms with Crippen LogP contribution in [0, 0.1) is 5.92 Å². The lowest BCUT2D eigenvalue weighted by Gasteiger charge is -2.36. The molecule has 3 N–H and O–H groups in total. The van der Waals surface area contributed by atoms with Gasteiger partial charge in [-0.1, -0.05) is 37.1 Å². The van der Waals surface area contributed by atoms with E-state index in [0.29, 0.717) is 23.5 Å². The summed E-state index contributed by atoms with van der Waals surface area (Å²) in [6, 6.07) is 9.96. The van der Waals surface area contributed by atoms with Crippen LogP contribution >= 0.6 is 0 Å². The van der Waals surface area contributed by atoms with E-state index in [2.05, 4.69) is 9.71 Å². The highest BCUT2D eigenvalue weighted by Gasteiger charge is 2.47. The van der Waals surface area contributed by atoms with E-state index in [1.54, 1.807) is 36.5 Å². The zero-order valence-corrected chi connectivity index (χ0v) is 20.3. The van der Waals surface area contributed by atoms with Gasteiger partial charge in [-0.2, -0.15) is 21.6 Å². The lowest BCUT2D eigenvalue weighted by Crippen LogP contribution is -2.42. The van der Waals surface area contributed by atoms with Gasteiger partial charge in [-0.05, 0) is 49.4 Å². The number of halogens is 3. The van der Waals surface area contributed by atoms with Crippen molar-refractivity contribution in [3.05, 3.63) is 59.2 Å². The molecule has 1 saturated carbocycles. The Labute approximate surface area is 210 Å². The van der Waals surface area contributed by atoms with Crippen molar-refractivity contribution >= 4 is 44.7 Å². The minimum atomic E-state index is -5.16. The van der Waals surface area contributed by atoms with Gasteiger partial charge < -0.3 is 15.7 Å². The molecule has 1 amide bonds. The second-order valence-corrected chi connectivity index (χ2v) is 11.2. The first-order chi connectivity index (χ1) is 17.3. The molecular weight excluding hydrogens is 511 g/mol. The summed E-state index contributed by atoms with van der Waals surface area (Å²) in [5.41, 5.74) is -0.731. The van der Waals surface area contributed by atoms with Crippen LogP contribution in [0.4, 0.5) is 24.5 Å². The number of Topliss-reactive ketones (excluding diaryl/α,β-unsaturated/α-hetero) is 1. The second-order valence-electron chi connectivity index (χ2n) is 9.62. The van der Waals surface area contributed by atoms with E-state index in [-0.39, 0.29) is 17.1 Å². The molecule has 8 nitrogen and oxygen atoms in total. The van der Waals surface area contributed by atoms with Gasteiger partial charge in [-0.15, -0.1) is 4.40 Å². The Hall–Kier alpha value is -3.67. The number of fused-ring (bicyclic) bond motifs is 2. The average Bonchev–Trinajstić information content (AvgIpc) is 3.66. The number of aliphatic hydroxyl groups excluding tert-OH is 1. The number of ketones is 1. The third kappa shape index (κ3) is 4.39. The number of alkyl halides is 3. The van der Waals surface area contributed by atoms with Gasteiger partial charge in [0.25, 0.3) is 10.0 Å². The summed E-state index contributed by atoms with van der Waals surface area (Å²) < 4.78 is 67.6. The van der Waals surface area contributed by atoms with Crippen LogP contribution in [0.2, 0.25) is 0 Å². The molecule has 12 heteroatoms. The van der Waals surface area contributed by atoms with Gasteiger partial charge >= 0.3 is 12.1 Å². The Morgan fingerprint density at radius 1 is 1.22 bits per heavy atom. The minimum Gasteiger partial charge on any atom is -0.506 e. The Balaban J connectivity index is 1.55. The number of anilines is 2. The fourth-order valence-corrected chi connectivity index (χ4v) is 5.87. The first kappa shape index (κ1) is 25.0. The predicted molar refractivity (Wildman–Crippen MR) is 130 cm³/mol. The molecule has 2 aliphatic carbocycles. The molecule has 0 radical (unpaired) electrons. The summed E-state index contributed by atoms with van der Waals surface area (Å²) in [7, 11) is -4.52. The molecule has 2 aromatic rings. The molecule has 37 heavy (non-hydrogen) atoms. The summed E-state index contributed by atoms with van der Waals surface area (Å²) >= 11 is 0. The lowest BCUT2D eigenvalue weighted by atomic mass is 9.67. The van der Waals surface area contributed by atoms with Crippen LogP contribution in [0.1, 0.15) is 43.7 Å². The quantitative estimate of drug-likeness (QED) is 0.512. The number of carbonyl (C=O) groups is 2. The highest BCUT2D eigenvalue weighted by atomic mass is 32.2. The zero-order valence-electron chi connectivity index (χ0n) is 19.5. The van der Waals surface area contributed by atoms with Gasteiger partial charge in [-0.3, -0.25) is 9.59 Å². The molecule has 1 heterocycles. The van der Waals surface area contributed by atoms with Crippen LogP contribution in [-0.2, 0) is 25.0 Å². The molecule has 1 aliphatic heterocycles. The summed E-state index contributed by atoms with van der Waals surface area (Å²) in [6.45, 7) is 1.77. The van der Waals surface area contributed by atoms with Gasteiger partial charge in [0.15, 0.2) is 11.6 Å². The summed E-state index contributed by atoms with van der Waals surface area (Å²) in [5.74, 6) is -3.00. The maximum absolute atomic E-state index is 13.9. The number of nitrogens with one attached hydrogen (secondary N) is 2. The molecule has 1 atom stereocenters. The van der Waals surface area contributed by atoms with Crippen LogP contribution in [-0.4, -0.2) is 37.2 Å². The number of hydrogen-bond donors (Lipinski definition) is 3. The summed E-state index contributed by atoms with van der Waals surface area (Å²) in [4.78, 5) is 24.6. The van der Waals surface area contributed by atoms with Gasteiger partial charge in [0.2, 0.25) is 0 Å². The van der Waals surface area contributed by atoms with E-state index in [0.717, 1.165) is 37.5 Å². The SMILES string of the molecule is CC1(CCC2CC2)C(=O)C(C2=NS(=O)(=O)c3cc(NC(=O)C(F)(F)F)ccc3N2)=C(O)c2ccccc21. The third-order valence-electron chi connectivity index (χ3n) is 6.97. The number of benzene rings is 2. The third-order valence-corrected chi connectivity index (χ3v) is 8.28. The number of aliphatic hydroxyl groups is 1. The zero-order chi connectivity index (χ0) is 26.8.